The molecule has 2 N–H and O–H groups in total. The van der Waals surface area contributed by atoms with E-state index in [1.807, 2.05) is 44.2 Å². The molecule has 0 aliphatic rings. The minimum Gasteiger partial charge on any atom is -0.338 e. The quantitative estimate of drug-likeness (QED) is 0.752. The molecule has 20 heavy (non-hydrogen) atoms. The number of nitrogens with one attached hydrogen (secondary N) is 2. The Morgan fingerprint density at radius 1 is 1.15 bits per heavy atom. The highest BCUT2D eigenvalue weighted by Crippen LogP contribution is 2.18. The summed E-state index contributed by atoms with van der Waals surface area (Å²) < 4.78 is 0. The van der Waals surface area contributed by atoms with Crippen molar-refractivity contribution in [3.05, 3.63) is 35.9 Å². The van der Waals surface area contributed by atoms with E-state index >= 15 is 0 Å². The fraction of sp³-hybridized carbons (Fsp3) is 0.562. The molecule has 0 radical (unpaired) electrons. The highest BCUT2D eigenvalue weighted by atomic mass is 16.2. The Bertz CT molecular complexity index is 401. The van der Waals surface area contributed by atoms with Gasteiger partial charge in [0.15, 0.2) is 0 Å². The third kappa shape index (κ3) is 6.06. The van der Waals surface area contributed by atoms with E-state index in [1.165, 1.54) is 0 Å². The van der Waals surface area contributed by atoms with E-state index in [0.29, 0.717) is 6.54 Å². The summed E-state index contributed by atoms with van der Waals surface area (Å²) in [6.45, 7) is 5.78. The SMILES string of the molecule is CN(C)CCCCNC(=O)NC(C)(C)c1ccccc1. The van der Waals surface area contributed by atoms with Gasteiger partial charge in [0.25, 0.3) is 0 Å². The second-order valence-electron chi connectivity index (χ2n) is 5.88. The summed E-state index contributed by atoms with van der Waals surface area (Å²) in [6, 6.07) is 9.89. The van der Waals surface area contributed by atoms with Crippen molar-refractivity contribution in [2.75, 3.05) is 27.2 Å². The molecular formula is C16H27N3O. The Kier molecular flexibility index (Phi) is 6.52. The monoisotopic (exact) mass is 277 g/mol. The van der Waals surface area contributed by atoms with Crippen LogP contribution in [0.2, 0.25) is 0 Å². The van der Waals surface area contributed by atoms with Crippen LogP contribution in [0.15, 0.2) is 30.3 Å². The number of carbonyl (C=O) groups excluding carboxylic acids is 1. The molecule has 0 aliphatic heterocycles. The van der Waals surface area contributed by atoms with Gasteiger partial charge in [-0.3, -0.25) is 0 Å². The highest BCUT2D eigenvalue weighted by molar-refractivity contribution is 5.74. The Morgan fingerprint density at radius 2 is 1.80 bits per heavy atom. The minimum atomic E-state index is -0.366. The summed E-state index contributed by atoms with van der Waals surface area (Å²) in [6.07, 6.45) is 2.09. The maximum absolute atomic E-state index is 11.9. The number of rotatable bonds is 7. The van der Waals surface area contributed by atoms with Gasteiger partial charge in [0, 0.05) is 6.54 Å². The van der Waals surface area contributed by atoms with Gasteiger partial charge in [-0.1, -0.05) is 30.3 Å². The number of carbonyl (C=O) groups is 1. The fourth-order valence-electron chi connectivity index (χ4n) is 2.01. The van der Waals surface area contributed by atoms with Gasteiger partial charge in [-0.2, -0.15) is 0 Å². The van der Waals surface area contributed by atoms with Gasteiger partial charge in [0.1, 0.15) is 0 Å². The molecule has 0 aliphatic carbocycles. The molecule has 1 rings (SSSR count). The summed E-state index contributed by atoms with van der Waals surface area (Å²) >= 11 is 0. The Morgan fingerprint density at radius 3 is 2.40 bits per heavy atom. The number of nitrogens with zero attached hydrogens (tertiary/aromatic N) is 1. The molecule has 0 fully saturated rings. The molecule has 0 aromatic heterocycles. The third-order valence-corrected chi connectivity index (χ3v) is 3.24. The normalized spacial score (nSPS) is 11.4. The molecule has 0 saturated heterocycles. The van der Waals surface area contributed by atoms with E-state index in [1.54, 1.807) is 0 Å². The van der Waals surface area contributed by atoms with Crippen molar-refractivity contribution in [3.63, 3.8) is 0 Å². The second-order valence-corrected chi connectivity index (χ2v) is 5.88. The van der Waals surface area contributed by atoms with Gasteiger partial charge >= 0.3 is 6.03 Å². The van der Waals surface area contributed by atoms with Gasteiger partial charge in [-0.05, 0) is 52.9 Å². The van der Waals surface area contributed by atoms with Gasteiger partial charge in [-0.15, -0.1) is 0 Å². The number of unbranched alkanes of at least 4 members (excludes halogenated alkanes) is 1. The van der Waals surface area contributed by atoms with Crippen LogP contribution in [0.25, 0.3) is 0 Å². The van der Waals surface area contributed by atoms with E-state index in [2.05, 4.69) is 29.6 Å². The van der Waals surface area contributed by atoms with Crippen molar-refractivity contribution in [2.45, 2.75) is 32.2 Å². The molecule has 4 nitrogen and oxygen atoms in total. The van der Waals surface area contributed by atoms with Crippen molar-refractivity contribution in [2.24, 2.45) is 0 Å². The summed E-state index contributed by atoms with van der Waals surface area (Å²) in [5.41, 5.74) is 0.734. The summed E-state index contributed by atoms with van der Waals surface area (Å²) in [7, 11) is 4.12. The van der Waals surface area contributed by atoms with Crippen LogP contribution in [0.4, 0.5) is 4.79 Å². The zero-order chi connectivity index (χ0) is 15.0. The molecule has 0 spiro atoms. The fourth-order valence-corrected chi connectivity index (χ4v) is 2.01. The first-order valence-corrected chi connectivity index (χ1v) is 7.18. The van der Waals surface area contributed by atoms with Crippen LogP contribution in [-0.2, 0) is 5.54 Å². The van der Waals surface area contributed by atoms with Crippen molar-refractivity contribution in [1.82, 2.24) is 15.5 Å². The van der Waals surface area contributed by atoms with Crippen LogP contribution in [0.3, 0.4) is 0 Å². The summed E-state index contributed by atoms with van der Waals surface area (Å²) in [5, 5.41) is 5.93. The molecule has 112 valence electrons. The van der Waals surface area contributed by atoms with Crippen molar-refractivity contribution < 1.29 is 4.79 Å². The maximum atomic E-state index is 11.9. The lowest BCUT2D eigenvalue weighted by Crippen LogP contribution is -2.46. The smallest absolute Gasteiger partial charge is 0.315 e. The van der Waals surface area contributed by atoms with Gasteiger partial charge in [-0.25, -0.2) is 4.79 Å². The lowest BCUT2D eigenvalue weighted by molar-refractivity contribution is 0.229. The molecule has 1 aromatic carbocycles. The Hall–Kier alpha value is -1.55. The molecule has 1 aromatic rings. The largest absolute Gasteiger partial charge is 0.338 e. The van der Waals surface area contributed by atoms with E-state index in [4.69, 9.17) is 0 Å². The summed E-state index contributed by atoms with van der Waals surface area (Å²) in [5.74, 6) is 0. The molecule has 0 heterocycles. The molecule has 0 bridgehead atoms. The molecule has 0 atom stereocenters. The topological polar surface area (TPSA) is 44.4 Å². The van der Waals surface area contributed by atoms with Crippen LogP contribution in [0.1, 0.15) is 32.3 Å². The standard InChI is InChI=1S/C16H27N3O/c1-16(2,14-10-6-5-7-11-14)18-15(20)17-12-8-9-13-19(3)4/h5-7,10-11H,8-9,12-13H2,1-4H3,(H2,17,18,20). The Balaban J connectivity index is 2.31. The highest BCUT2D eigenvalue weighted by Gasteiger charge is 2.21. The van der Waals surface area contributed by atoms with Crippen molar-refractivity contribution in [3.8, 4) is 0 Å². The second kappa shape index (κ2) is 7.90. The van der Waals surface area contributed by atoms with Crippen LogP contribution >= 0.6 is 0 Å². The first kappa shape index (κ1) is 16.5. The average Bonchev–Trinajstić information content (AvgIpc) is 2.38. The molecular weight excluding hydrogens is 250 g/mol. The number of benzene rings is 1. The van der Waals surface area contributed by atoms with Crippen LogP contribution in [0, 0.1) is 0 Å². The number of hydrogen-bond acceptors (Lipinski definition) is 2. The van der Waals surface area contributed by atoms with E-state index < -0.39 is 0 Å². The van der Waals surface area contributed by atoms with Gasteiger partial charge in [0.05, 0.1) is 5.54 Å². The zero-order valence-corrected chi connectivity index (χ0v) is 13.1. The molecule has 4 heteroatoms. The maximum Gasteiger partial charge on any atom is 0.315 e. The first-order chi connectivity index (χ1) is 9.42. The summed E-state index contributed by atoms with van der Waals surface area (Å²) in [4.78, 5) is 14.0. The predicted molar refractivity (Wildman–Crippen MR) is 83.8 cm³/mol. The molecule has 0 saturated carbocycles. The van der Waals surface area contributed by atoms with Gasteiger partial charge in [0.2, 0.25) is 0 Å². The third-order valence-electron chi connectivity index (χ3n) is 3.24. The van der Waals surface area contributed by atoms with E-state index in [-0.39, 0.29) is 11.6 Å². The predicted octanol–water partition coefficient (Wildman–Crippen LogP) is 2.56. The number of hydrogen-bond donors (Lipinski definition) is 2. The number of urea groups is 1. The van der Waals surface area contributed by atoms with Crippen LogP contribution in [-0.4, -0.2) is 38.1 Å². The zero-order valence-electron chi connectivity index (χ0n) is 13.1. The van der Waals surface area contributed by atoms with E-state index in [9.17, 15) is 4.79 Å². The number of amides is 2. The minimum absolute atomic E-state index is 0.108. The van der Waals surface area contributed by atoms with Gasteiger partial charge < -0.3 is 15.5 Å². The van der Waals surface area contributed by atoms with Crippen LogP contribution in [0.5, 0.6) is 0 Å². The van der Waals surface area contributed by atoms with Crippen molar-refractivity contribution in [1.29, 1.82) is 0 Å². The van der Waals surface area contributed by atoms with Crippen LogP contribution < -0.4 is 10.6 Å². The van der Waals surface area contributed by atoms with E-state index in [0.717, 1.165) is 24.9 Å². The lowest BCUT2D eigenvalue weighted by atomic mass is 9.95. The Labute approximate surface area is 122 Å². The first-order valence-electron chi connectivity index (χ1n) is 7.18. The molecule has 2 amide bonds. The average molecular weight is 277 g/mol. The van der Waals surface area contributed by atoms with Crippen molar-refractivity contribution >= 4 is 6.03 Å². The lowest BCUT2D eigenvalue weighted by Gasteiger charge is -2.27. The molecule has 0 unspecified atom stereocenters.